The summed E-state index contributed by atoms with van der Waals surface area (Å²) in [5.41, 5.74) is 18.0. The van der Waals surface area contributed by atoms with Crippen LogP contribution in [0.15, 0.2) is 97.1 Å². The summed E-state index contributed by atoms with van der Waals surface area (Å²) in [4.78, 5) is 4.94. The minimum absolute atomic E-state index is 0.0752. The fraction of sp³-hybridized carbons (Fsp3) is 0.434. The molecule has 0 N–H and O–H groups in total. The Labute approximate surface area is 336 Å². The van der Waals surface area contributed by atoms with Crippen molar-refractivity contribution < 1.29 is 0 Å². The average Bonchev–Trinajstić information content (AvgIpc) is 3.10. The normalized spacial score (nSPS) is 13.2. The van der Waals surface area contributed by atoms with Gasteiger partial charge in [0.15, 0.2) is 0 Å². The lowest BCUT2D eigenvalue weighted by atomic mass is 9.84. The van der Waals surface area contributed by atoms with Crippen molar-refractivity contribution in [1.29, 1.82) is 0 Å². The van der Waals surface area contributed by atoms with E-state index in [0.717, 1.165) is 11.4 Å². The van der Waals surface area contributed by atoms with E-state index in [1.54, 1.807) is 0 Å². The van der Waals surface area contributed by atoms with Gasteiger partial charge in [-0.05, 0) is 162 Å². The van der Waals surface area contributed by atoms with Crippen LogP contribution in [0.25, 0.3) is 0 Å². The summed E-state index contributed by atoms with van der Waals surface area (Å²) in [5.74, 6) is 1.74. The summed E-state index contributed by atoms with van der Waals surface area (Å²) < 4.78 is 0. The smallest absolute Gasteiger partial charge is 0.0520 e. The van der Waals surface area contributed by atoms with E-state index < -0.39 is 0 Å². The van der Waals surface area contributed by atoms with Gasteiger partial charge in [-0.1, -0.05) is 131 Å². The van der Waals surface area contributed by atoms with Gasteiger partial charge in [-0.3, -0.25) is 0 Å². The van der Waals surface area contributed by atoms with Crippen molar-refractivity contribution >= 4 is 34.1 Å². The predicted molar refractivity (Wildman–Crippen MR) is 243 cm³/mol. The molecule has 5 aromatic rings. The van der Waals surface area contributed by atoms with Gasteiger partial charge in [-0.15, -0.1) is 0 Å². The van der Waals surface area contributed by atoms with Crippen LogP contribution in [0.3, 0.4) is 0 Å². The molecule has 5 rings (SSSR count). The molecule has 0 bridgehead atoms. The fourth-order valence-electron chi connectivity index (χ4n) is 8.40. The lowest BCUT2D eigenvalue weighted by Crippen LogP contribution is -2.17. The molecule has 2 atom stereocenters. The van der Waals surface area contributed by atoms with Crippen LogP contribution in [0.4, 0.5) is 34.1 Å². The quantitative estimate of drug-likeness (QED) is 0.126. The largest absolute Gasteiger partial charge is 0.310 e. The van der Waals surface area contributed by atoms with Gasteiger partial charge in [0.05, 0.1) is 11.4 Å². The van der Waals surface area contributed by atoms with E-state index >= 15 is 0 Å². The molecular weight excluding hydrogens is 665 g/mol. The monoisotopic (exact) mass is 735 g/mol. The van der Waals surface area contributed by atoms with Crippen LogP contribution in [0.5, 0.6) is 0 Å². The van der Waals surface area contributed by atoms with E-state index in [4.69, 9.17) is 0 Å². The summed E-state index contributed by atoms with van der Waals surface area (Å²) in [7, 11) is 0. The van der Waals surface area contributed by atoms with E-state index in [2.05, 4.69) is 211 Å². The number of hydrogen-bond acceptors (Lipinski definition) is 2. The standard InChI is InChI=1S/C53H70N2/c1-16-17-36(4)42-18-22-46(23-19-42)54(50-38(6)31-44(32-39(50)7)52(10,11)12)48-26-28-49(29-27-48)55(47-24-20-43(21-25-47)37(5)30-35(2)3)51-40(8)33-45(34-41(51)9)53(13,14)15/h18-29,31-37H,16-17,30H2,1-15H3. The first-order valence-electron chi connectivity index (χ1n) is 20.9. The molecule has 0 aliphatic carbocycles. The Bertz CT molecular complexity index is 1990. The first-order valence-corrected chi connectivity index (χ1v) is 20.9. The third-order valence-electron chi connectivity index (χ3n) is 11.5. The van der Waals surface area contributed by atoms with E-state index in [1.165, 1.54) is 86.5 Å². The minimum Gasteiger partial charge on any atom is -0.310 e. The molecule has 0 amide bonds. The lowest BCUT2D eigenvalue weighted by Gasteiger charge is -2.33. The highest BCUT2D eigenvalue weighted by molar-refractivity contribution is 5.85. The highest BCUT2D eigenvalue weighted by Gasteiger charge is 2.24. The Kier molecular flexibility index (Phi) is 12.8. The second-order valence-corrected chi connectivity index (χ2v) is 19.0. The Balaban J connectivity index is 1.67. The van der Waals surface area contributed by atoms with Gasteiger partial charge in [0.1, 0.15) is 0 Å². The van der Waals surface area contributed by atoms with Crippen molar-refractivity contribution in [2.45, 2.75) is 146 Å². The van der Waals surface area contributed by atoms with E-state index in [-0.39, 0.29) is 10.8 Å². The summed E-state index contributed by atoms with van der Waals surface area (Å²) in [6.45, 7) is 34.5. The van der Waals surface area contributed by atoms with Crippen molar-refractivity contribution in [3.63, 3.8) is 0 Å². The van der Waals surface area contributed by atoms with Gasteiger partial charge >= 0.3 is 0 Å². The number of nitrogens with zero attached hydrogens (tertiary/aromatic N) is 2. The molecule has 0 fully saturated rings. The highest BCUT2D eigenvalue weighted by atomic mass is 15.2. The molecule has 0 aromatic heterocycles. The van der Waals surface area contributed by atoms with Crippen LogP contribution in [0, 0.1) is 33.6 Å². The molecule has 5 aromatic carbocycles. The van der Waals surface area contributed by atoms with Crippen molar-refractivity contribution in [3.8, 4) is 0 Å². The molecule has 2 unspecified atom stereocenters. The molecule has 0 saturated carbocycles. The van der Waals surface area contributed by atoms with Crippen LogP contribution >= 0.6 is 0 Å². The van der Waals surface area contributed by atoms with Gasteiger partial charge in [0.25, 0.3) is 0 Å². The maximum atomic E-state index is 2.47. The van der Waals surface area contributed by atoms with Crippen LogP contribution in [0.1, 0.15) is 152 Å². The van der Waals surface area contributed by atoms with Gasteiger partial charge in [0.2, 0.25) is 0 Å². The maximum absolute atomic E-state index is 2.47. The third kappa shape index (κ3) is 9.57. The van der Waals surface area contributed by atoms with Crippen molar-refractivity contribution in [2.75, 3.05) is 9.80 Å². The molecule has 0 aliphatic rings. The molecule has 0 heterocycles. The van der Waals surface area contributed by atoms with Crippen LogP contribution in [0.2, 0.25) is 0 Å². The van der Waals surface area contributed by atoms with Gasteiger partial charge < -0.3 is 9.80 Å². The highest BCUT2D eigenvalue weighted by Crippen LogP contribution is 2.45. The van der Waals surface area contributed by atoms with Gasteiger partial charge in [-0.25, -0.2) is 0 Å². The molecule has 0 radical (unpaired) electrons. The zero-order chi connectivity index (χ0) is 40.4. The van der Waals surface area contributed by atoms with Crippen molar-refractivity contribution in [3.05, 3.63) is 142 Å². The molecule has 2 heteroatoms. The Morgan fingerprint density at radius 1 is 0.455 bits per heavy atom. The third-order valence-corrected chi connectivity index (χ3v) is 11.5. The summed E-state index contributed by atoms with van der Waals surface area (Å²) in [6, 6.07) is 37.5. The lowest BCUT2D eigenvalue weighted by molar-refractivity contribution is 0.524. The summed E-state index contributed by atoms with van der Waals surface area (Å²) in [6.07, 6.45) is 3.58. The predicted octanol–water partition coefficient (Wildman–Crippen LogP) is 16.5. The topological polar surface area (TPSA) is 6.48 Å². The van der Waals surface area contributed by atoms with Gasteiger partial charge in [0, 0.05) is 22.7 Å². The maximum Gasteiger partial charge on any atom is 0.0520 e. The average molecular weight is 735 g/mol. The Morgan fingerprint density at radius 3 is 1.02 bits per heavy atom. The van der Waals surface area contributed by atoms with Crippen molar-refractivity contribution in [1.82, 2.24) is 0 Å². The number of rotatable bonds is 12. The summed E-state index contributed by atoms with van der Waals surface area (Å²) >= 11 is 0. The molecule has 0 aliphatic heterocycles. The first kappa shape index (κ1) is 41.9. The second-order valence-electron chi connectivity index (χ2n) is 19.0. The molecule has 0 spiro atoms. The molecule has 0 saturated heterocycles. The molecular formula is C53H70N2. The fourth-order valence-corrected chi connectivity index (χ4v) is 8.40. The summed E-state index contributed by atoms with van der Waals surface area (Å²) in [5, 5.41) is 0. The van der Waals surface area contributed by atoms with E-state index in [9.17, 15) is 0 Å². The zero-order valence-corrected chi connectivity index (χ0v) is 37.0. The van der Waals surface area contributed by atoms with Crippen LogP contribution < -0.4 is 9.80 Å². The van der Waals surface area contributed by atoms with Crippen molar-refractivity contribution in [2.24, 2.45) is 5.92 Å². The first-order chi connectivity index (χ1) is 25.8. The Hall–Kier alpha value is -4.30. The molecule has 2 nitrogen and oxygen atoms in total. The number of anilines is 6. The molecule has 292 valence electrons. The van der Waals surface area contributed by atoms with E-state index in [1.807, 2.05) is 0 Å². The minimum atomic E-state index is 0.0752. The van der Waals surface area contributed by atoms with E-state index in [0.29, 0.717) is 17.8 Å². The Morgan fingerprint density at radius 2 is 0.745 bits per heavy atom. The molecule has 55 heavy (non-hydrogen) atoms. The second kappa shape index (κ2) is 16.8. The van der Waals surface area contributed by atoms with Crippen LogP contribution in [-0.2, 0) is 10.8 Å². The van der Waals surface area contributed by atoms with Crippen LogP contribution in [-0.4, -0.2) is 0 Å². The number of benzene rings is 5. The zero-order valence-electron chi connectivity index (χ0n) is 37.0. The number of hydrogen-bond donors (Lipinski definition) is 0. The number of aryl methyl sites for hydroxylation is 4. The van der Waals surface area contributed by atoms with Gasteiger partial charge in [-0.2, -0.15) is 0 Å². The SMILES string of the molecule is CCCC(C)c1ccc(N(c2ccc(N(c3ccc(C(C)CC(C)C)cc3)c3c(C)cc(C(C)(C)C)cc3C)cc2)c2c(C)cc(C(C)(C)C)cc2C)cc1.